The first-order chi connectivity index (χ1) is 15.1. The van der Waals surface area contributed by atoms with Crippen molar-refractivity contribution in [3.63, 3.8) is 0 Å². The van der Waals surface area contributed by atoms with E-state index in [-0.39, 0.29) is 11.4 Å². The third kappa shape index (κ3) is 5.14. The number of halogens is 3. The van der Waals surface area contributed by atoms with Crippen LogP contribution in [-0.4, -0.2) is 60.5 Å². The summed E-state index contributed by atoms with van der Waals surface area (Å²) in [4.78, 5) is 35.9. The number of amides is 1. The minimum absolute atomic E-state index is 0.0390. The van der Waals surface area contributed by atoms with Gasteiger partial charge in [-0.2, -0.15) is 18.2 Å². The van der Waals surface area contributed by atoms with Crippen molar-refractivity contribution < 1.29 is 18.0 Å². The van der Waals surface area contributed by atoms with Crippen molar-refractivity contribution in [2.45, 2.75) is 25.9 Å². The highest BCUT2D eigenvalue weighted by Gasteiger charge is 2.33. The number of hydrogen-bond donors (Lipinski definition) is 2. The number of rotatable bonds is 6. The molecule has 1 aliphatic heterocycles. The number of unbranched alkanes of at least 4 members (excludes halogenated alkanes) is 1. The van der Waals surface area contributed by atoms with Crippen molar-refractivity contribution in [3.05, 3.63) is 46.0 Å². The Morgan fingerprint density at radius 3 is 2.53 bits per heavy atom. The van der Waals surface area contributed by atoms with Crippen LogP contribution in [0.5, 0.6) is 0 Å². The average molecular weight is 452 g/mol. The van der Waals surface area contributed by atoms with Gasteiger partial charge in [0.25, 0.3) is 5.91 Å². The quantitative estimate of drug-likeness (QED) is 0.699. The molecule has 0 saturated carbocycles. The number of carbonyl (C=O) groups excluding carboxylic acids is 1. The van der Waals surface area contributed by atoms with Crippen molar-refractivity contribution >= 4 is 23.1 Å². The second-order valence-electron chi connectivity index (χ2n) is 7.77. The number of alkyl halides is 3. The molecule has 0 atom stereocenters. The van der Waals surface area contributed by atoms with Crippen LogP contribution in [0.3, 0.4) is 0 Å². The van der Waals surface area contributed by atoms with Gasteiger partial charge in [-0.3, -0.25) is 9.78 Å². The number of nitrogens with zero attached hydrogens (tertiary/aromatic N) is 4. The van der Waals surface area contributed by atoms with Gasteiger partial charge in [0.05, 0.1) is 23.0 Å². The van der Waals surface area contributed by atoms with Crippen LogP contribution in [-0.2, 0) is 6.18 Å². The predicted molar refractivity (Wildman–Crippen MR) is 117 cm³/mol. The van der Waals surface area contributed by atoms with Crippen LogP contribution >= 0.6 is 0 Å². The SMILES string of the molecule is CCCCN(C)c1ccc(C(F)(F)F)cc1C(=O)N1CCN(c2cnc(=O)[nH]c2N)CC1. The van der Waals surface area contributed by atoms with Crippen LogP contribution in [0.2, 0.25) is 0 Å². The molecule has 2 aromatic rings. The standard InChI is InChI=1S/C21H27F3N6O2/c1-3-4-7-28(2)16-6-5-14(21(22,23)24)12-15(16)19(31)30-10-8-29(9-11-30)17-13-26-20(32)27-18(17)25/h5-6,12-13H,3-4,7-11H2,1-2H3,(H3,25,26,27,32). The second-order valence-corrected chi connectivity index (χ2v) is 7.77. The van der Waals surface area contributed by atoms with Gasteiger partial charge in [-0.1, -0.05) is 13.3 Å². The Kier molecular flexibility index (Phi) is 6.95. The van der Waals surface area contributed by atoms with Gasteiger partial charge >= 0.3 is 11.9 Å². The molecule has 11 heteroatoms. The molecule has 32 heavy (non-hydrogen) atoms. The Bertz CT molecular complexity index is 1020. The summed E-state index contributed by atoms with van der Waals surface area (Å²) in [5.74, 6) is -0.260. The van der Waals surface area contributed by atoms with Crippen LogP contribution in [0, 0.1) is 0 Å². The van der Waals surface area contributed by atoms with Crippen molar-refractivity contribution in [3.8, 4) is 0 Å². The van der Waals surface area contributed by atoms with Crippen LogP contribution in [0.1, 0.15) is 35.7 Å². The maximum Gasteiger partial charge on any atom is 0.416 e. The summed E-state index contributed by atoms with van der Waals surface area (Å²) in [6, 6.07) is 3.32. The highest BCUT2D eigenvalue weighted by Crippen LogP contribution is 2.33. The number of H-pyrrole nitrogens is 1. The van der Waals surface area contributed by atoms with E-state index in [1.165, 1.54) is 12.3 Å². The van der Waals surface area contributed by atoms with E-state index in [0.29, 0.717) is 44.1 Å². The molecule has 1 amide bonds. The van der Waals surface area contributed by atoms with E-state index in [0.717, 1.165) is 25.0 Å². The monoisotopic (exact) mass is 452 g/mol. The molecule has 0 unspecified atom stereocenters. The molecule has 1 aromatic carbocycles. The van der Waals surface area contributed by atoms with E-state index in [1.807, 2.05) is 16.7 Å². The summed E-state index contributed by atoms with van der Waals surface area (Å²) in [6.45, 7) is 4.07. The summed E-state index contributed by atoms with van der Waals surface area (Å²) in [6.07, 6.45) is -1.38. The number of anilines is 3. The van der Waals surface area contributed by atoms with Crippen LogP contribution in [0.4, 0.5) is 30.4 Å². The number of nitrogens with two attached hydrogens (primary N) is 1. The van der Waals surface area contributed by atoms with Gasteiger partial charge in [-0.05, 0) is 24.6 Å². The Morgan fingerprint density at radius 1 is 1.25 bits per heavy atom. The molecular formula is C21H27F3N6O2. The van der Waals surface area contributed by atoms with Gasteiger partial charge < -0.3 is 20.4 Å². The molecule has 0 aliphatic carbocycles. The first-order valence-electron chi connectivity index (χ1n) is 10.4. The smallest absolute Gasteiger partial charge is 0.383 e. The first kappa shape index (κ1) is 23.4. The van der Waals surface area contributed by atoms with Crippen LogP contribution < -0.4 is 21.2 Å². The molecule has 3 N–H and O–H groups in total. The highest BCUT2D eigenvalue weighted by atomic mass is 19.4. The molecule has 1 fully saturated rings. The Labute approximate surface area is 183 Å². The molecule has 8 nitrogen and oxygen atoms in total. The van der Waals surface area contributed by atoms with Crippen molar-refractivity contribution in [2.24, 2.45) is 0 Å². The maximum absolute atomic E-state index is 13.3. The number of carbonyl (C=O) groups is 1. The molecule has 0 spiro atoms. The van der Waals surface area contributed by atoms with Gasteiger partial charge in [-0.25, -0.2) is 4.79 Å². The summed E-state index contributed by atoms with van der Waals surface area (Å²) < 4.78 is 40.0. The normalized spacial score (nSPS) is 14.5. The molecule has 174 valence electrons. The average Bonchev–Trinajstić information content (AvgIpc) is 2.76. The lowest BCUT2D eigenvalue weighted by Crippen LogP contribution is -2.49. The van der Waals surface area contributed by atoms with Crippen molar-refractivity contribution in [2.75, 3.05) is 55.3 Å². The number of benzene rings is 1. The summed E-state index contributed by atoms with van der Waals surface area (Å²) in [7, 11) is 1.78. The Morgan fingerprint density at radius 2 is 1.94 bits per heavy atom. The molecule has 1 aromatic heterocycles. The van der Waals surface area contributed by atoms with E-state index >= 15 is 0 Å². The lowest BCUT2D eigenvalue weighted by molar-refractivity contribution is -0.137. The number of nitrogens with one attached hydrogen (secondary N) is 1. The number of aromatic amines is 1. The molecule has 3 rings (SSSR count). The summed E-state index contributed by atoms with van der Waals surface area (Å²) >= 11 is 0. The zero-order valence-electron chi connectivity index (χ0n) is 18.1. The van der Waals surface area contributed by atoms with E-state index in [4.69, 9.17) is 5.73 Å². The molecule has 0 bridgehead atoms. The van der Waals surface area contributed by atoms with Gasteiger partial charge in [0.2, 0.25) is 0 Å². The van der Waals surface area contributed by atoms with Crippen LogP contribution in [0.25, 0.3) is 0 Å². The number of piperazine rings is 1. The molecule has 1 saturated heterocycles. The lowest BCUT2D eigenvalue weighted by Gasteiger charge is -2.36. The largest absolute Gasteiger partial charge is 0.416 e. The first-order valence-corrected chi connectivity index (χ1v) is 10.4. The van der Waals surface area contributed by atoms with Gasteiger partial charge in [0, 0.05) is 45.5 Å². The fourth-order valence-corrected chi connectivity index (χ4v) is 3.71. The number of nitrogen functional groups attached to an aromatic ring is 1. The Balaban J connectivity index is 1.82. The van der Waals surface area contributed by atoms with E-state index in [2.05, 4.69) is 9.97 Å². The number of hydrogen-bond acceptors (Lipinski definition) is 6. The lowest BCUT2D eigenvalue weighted by atomic mass is 10.0. The molecule has 2 heterocycles. The van der Waals surface area contributed by atoms with E-state index in [9.17, 15) is 22.8 Å². The summed E-state index contributed by atoms with van der Waals surface area (Å²) in [5, 5.41) is 0. The topological polar surface area (TPSA) is 98.6 Å². The summed E-state index contributed by atoms with van der Waals surface area (Å²) in [5.41, 5.74) is 5.53. The predicted octanol–water partition coefficient (Wildman–Crippen LogP) is 2.57. The molecule has 0 radical (unpaired) electrons. The zero-order chi connectivity index (χ0) is 23.5. The van der Waals surface area contributed by atoms with Crippen LogP contribution in [0.15, 0.2) is 29.2 Å². The third-order valence-corrected chi connectivity index (χ3v) is 5.54. The minimum atomic E-state index is -4.54. The second kappa shape index (κ2) is 9.49. The molecular weight excluding hydrogens is 425 g/mol. The van der Waals surface area contributed by atoms with Gasteiger partial charge in [0.15, 0.2) is 0 Å². The van der Waals surface area contributed by atoms with Gasteiger partial charge in [0.1, 0.15) is 5.82 Å². The van der Waals surface area contributed by atoms with E-state index < -0.39 is 23.3 Å². The van der Waals surface area contributed by atoms with E-state index in [1.54, 1.807) is 11.9 Å². The molecule has 1 aliphatic rings. The Hall–Kier alpha value is -3.24. The highest BCUT2D eigenvalue weighted by molar-refractivity contribution is 6.00. The maximum atomic E-state index is 13.3. The van der Waals surface area contributed by atoms with Gasteiger partial charge in [-0.15, -0.1) is 0 Å². The van der Waals surface area contributed by atoms with Crippen molar-refractivity contribution in [1.82, 2.24) is 14.9 Å². The number of aromatic nitrogens is 2. The fraction of sp³-hybridized carbons (Fsp3) is 0.476. The third-order valence-electron chi connectivity index (χ3n) is 5.54. The van der Waals surface area contributed by atoms with Crippen molar-refractivity contribution in [1.29, 1.82) is 0 Å². The fourth-order valence-electron chi connectivity index (χ4n) is 3.71. The minimum Gasteiger partial charge on any atom is -0.383 e. The zero-order valence-corrected chi connectivity index (χ0v) is 18.1.